The summed E-state index contributed by atoms with van der Waals surface area (Å²) in [6, 6.07) is 0. The fourth-order valence-corrected chi connectivity index (χ4v) is 6.07. The number of unbranched alkanes of at least 4 members (excludes halogenated alkanes) is 15. The highest BCUT2D eigenvalue weighted by Crippen LogP contribution is 2.12. The summed E-state index contributed by atoms with van der Waals surface area (Å²) in [6.07, 6.45) is 75.0. The first-order chi connectivity index (χ1) is 32.0. The van der Waals surface area contributed by atoms with Crippen molar-refractivity contribution >= 4 is 17.9 Å². The van der Waals surface area contributed by atoms with Crippen molar-refractivity contribution in [2.45, 2.75) is 181 Å². The molecule has 360 valence electrons. The summed E-state index contributed by atoms with van der Waals surface area (Å²) in [4.78, 5) is 38.0. The van der Waals surface area contributed by atoms with Gasteiger partial charge in [0.1, 0.15) is 13.2 Å². The Balaban J connectivity index is 4.61. The molecular formula is C59H88O6. The van der Waals surface area contributed by atoms with Gasteiger partial charge in [0.2, 0.25) is 0 Å². The molecule has 0 aromatic heterocycles. The largest absolute Gasteiger partial charge is 0.462 e. The van der Waals surface area contributed by atoms with Crippen molar-refractivity contribution in [2.75, 3.05) is 13.2 Å². The molecule has 65 heavy (non-hydrogen) atoms. The first-order valence-corrected chi connectivity index (χ1v) is 25.2. The second-order valence-electron chi connectivity index (χ2n) is 15.9. The summed E-state index contributed by atoms with van der Waals surface area (Å²) in [5.74, 6) is -1.03. The third kappa shape index (κ3) is 49.9. The van der Waals surface area contributed by atoms with Crippen molar-refractivity contribution < 1.29 is 28.6 Å². The number of esters is 3. The van der Waals surface area contributed by atoms with Crippen molar-refractivity contribution in [3.8, 4) is 0 Å². The number of carbonyl (C=O) groups excluding carboxylic acids is 3. The second-order valence-corrected chi connectivity index (χ2v) is 15.9. The number of hydrogen-bond donors (Lipinski definition) is 0. The van der Waals surface area contributed by atoms with E-state index in [9.17, 15) is 14.4 Å². The van der Waals surface area contributed by atoms with E-state index < -0.39 is 6.10 Å². The molecule has 6 nitrogen and oxygen atoms in total. The zero-order valence-corrected chi connectivity index (χ0v) is 40.9. The molecule has 0 radical (unpaired) electrons. The Hall–Kier alpha value is -4.97. The summed E-state index contributed by atoms with van der Waals surface area (Å²) in [5, 5.41) is 0. The highest BCUT2D eigenvalue weighted by atomic mass is 16.6. The fourth-order valence-electron chi connectivity index (χ4n) is 6.07. The third-order valence-electron chi connectivity index (χ3n) is 9.81. The number of carbonyl (C=O) groups is 3. The quantitative estimate of drug-likeness (QED) is 0.0263. The average molecular weight is 893 g/mol. The molecule has 0 saturated heterocycles. The zero-order valence-electron chi connectivity index (χ0n) is 40.9. The van der Waals surface area contributed by atoms with Crippen LogP contribution in [0.25, 0.3) is 0 Å². The minimum absolute atomic E-state index is 0.126. The standard InChI is InChI=1S/C59H88O6/c1-4-7-10-13-16-19-22-25-27-28-29-30-32-34-37-40-43-46-49-52-58(61)64-55-56(54-63-57(60)51-48-45-42-39-36-33-24-21-18-15-12-9-6-3)65-59(62)53-50-47-44-41-38-35-31-26-23-20-17-14-11-8-5-2/h7,9-10,12-13,15-30,32-34,36-37,56H,4-6,8,11,14,31,35,38-55H2,1-3H3/b10-7+,12-9+,16-13+,18-15+,20-17+,22-19+,24-21+,26-23+,27-25+,29-28+,32-30+,36-33+,37-34+. The molecular weight excluding hydrogens is 805 g/mol. The van der Waals surface area contributed by atoms with Gasteiger partial charge in [-0.2, -0.15) is 0 Å². The van der Waals surface area contributed by atoms with E-state index in [2.05, 4.69) is 69.4 Å². The Morgan fingerprint density at radius 3 is 0.969 bits per heavy atom. The molecule has 0 aliphatic carbocycles. The molecule has 0 aliphatic heterocycles. The Labute approximate surface area is 397 Å². The molecule has 0 amide bonds. The van der Waals surface area contributed by atoms with Gasteiger partial charge in [-0.3, -0.25) is 14.4 Å². The van der Waals surface area contributed by atoms with Crippen molar-refractivity contribution in [3.05, 3.63) is 158 Å². The summed E-state index contributed by atoms with van der Waals surface area (Å²) in [6.45, 7) is 6.20. The molecule has 0 heterocycles. The van der Waals surface area contributed by atoms with Crippen LogP contribution in [0.4, 0.5) is 0 Å². The van der Waals surface area contributed by atoms with E-state index in [1.54, 1.807) is 0 Å². The van der Waals surface area contributed by atoms with Crippen LogP contribution in [0.5, 0.6) is 0 Å². The molecule has 0 aliphatic rings. The minimum atomic E-state index is -0.827. The van der Waals surface area contributed by atoms with Crippen LogP contribution in [0.15, 0.2) is 158 Å². The summed E-state index contributed by atoms with van der Waals surface area (Å²) < 4.78 is 16.7. The van der Waals surface area contributed by atoms with Gasteiger partial charge in [-0.25, -0.2) is 0 Å². The van der Waals surface area contributed by atoms with Gasteiger partial charge in [-0.1, -0.05) is 230 Å². The fraction of sp³-hybridized carbons (Fsp3) is 0.508. The maximum absolute atomic E-state index is 12.8. The lowest BCUT2D eigenvalue weighted by molar-refractivity contribution is -0.167. The molecule has 0 N–H and O–H groups in total. The lowest BCUT2D eigenvalue weighted by Gasteiger charge is -2.18. The molecule has 0 spiro atoms. The SMILES string of the molecule is CC/C=C/C=C/C=C/C=C/C=C/C=C/C=C/CCCCCC(=O)OCC(COC(=O)CCCCC/C=C/C=C/C=C/C=C/CC)OC(=O)CCCCCCCC/C=C/C=C/CCCCC. The Morgan fingerprint density at radius 2 is 0.600 bits per heavy atom. The van der Waals surface area contributed by atoms with E-state index >= 15 is 0 Å². The predicted molar refractivity (Wildman–Crippen MR) is 278 cm³/mol. The number of allylic oxidation sites excluding steroid dienone is 26. The van der Waals surface area contributed by atoms with Crippen molar-refractivity contribution in [3.63, 3.8) is 0 Å². The molecule has 1 atom stereocenters. The Bertz CT molecular complexity index is 1540. The molecule has 6 heteroatoms. The molecule has 0 aromatic carbocycles. The van der Waals surface area contributed by atoms with E-state index in [-0.39, 0.29) is 44.0 Å². The highest BCUT2D eigenvalue weighted by molar-refractivity contribution is 5.71. The van der Waals surface area contributed by atoms with Gasteiger partial charge in [0.25, 0.3) is 0 Å². The van der Waals surface area contributed by atoms with Crippen LogP contribution in [0.2, 0.25) is 0 Å². The van der Waals surface area contributed by atoms with Crippen molar-refractivity contribution in [1.29, 1.82) is 0 Å². The average Bonchev–Trinajstić information content (AvgIpc) is 3.30. The molecule has 0 rings (SSSR count). The lowest BCUT2D eigenvalue weighted by Crippen LogP contribution is -2.30. The van der Waals surface area contributed by atoms with Gasteiger partial charge in [0.05, 0.1) is 0 Å². The smallest absolute Gasteiger partial charge is 0.306 e. The van der Waals surface area contributed by atoms with Crippen LogP contribution in [-0.4, -0.2) is 37.2 Å². The third-order valence-corrected chi connectivity index (χ3v) is 9.81. The van der Waals surface area contributed by atoms with Gasteiger partial charge >= 0.3 is 17.9 Å². The first kappa shape index (κ1) is 60.0. The van der Waals surface area contributed by atoms with Crippen LogP contribution in [0.1, 0.15) is 175 Å². The van der Waals surface area contributed by atoms with Gasteiger partial charge in [0, 0.05) is 19.3 Å². The normalized spacial score (nSPS) is 13.5. The maximum Gasteiger partial charge on any atom is 0.306 e. The molecule has 0 saturated carbocycles. The van der Waals surface area contributed by atoms with Gasteiger partial charge in [-0.15, -0.1) is 0 Å². The molecule has 0 bridgehead atoms. The summed E-state index contributed by atoms with van der Waals surface area (Å²) >= 11 is 0. The number of ether oxygens (including phenoxy) is 3. The van der Waals surface area contributed by atoms with E-state index in [1.165, 1.54) is 32.1 Å². The van der Waals surface area contributed by atoms with Crippen LogP contribution in [-0.2, 0) is 28.6 Å². The Kier molecular flexibility index (Phi) is 47.7. The van der Waals surface area contributed by atoms with Crippen LogP contribution >= 0.6 is 0 Å². The first-order valence-electron chi connectivity index (χ1n) is 25.2. The topological polar surface area (TPSA) is 78.9 Å². The predicted octanol–water partition coefficient (Wildman–Crippen LogP) is 16.6. The summed E-state index contributed by atoms with van der Waals surface area (Å²) in [7, 11) is 0. The van der Waals surface area contributed by atoms with Crippen molar-refractivity contribution in [2.24, 2.45) is 0 Å². The van der Waals surface area contributed by atoms with E-state index in [0.717, 1.165) is 96.3 Å². The Morgan fingerprint density at radius 1 is 0.323 bits per heavy atom. The van der Waals surface area contributed by atoms with E-state index in [1.807, 2.05) is 109 Å². The van der Waals surface area contributed by atoms with Gasteiger partial charge in [0.15, 0.2) is 6.10 Å². The molecule has 1 unspecified atom stereocenters. The van der Waals surface area contributed by atoms with Gasteiger partial charge < -0.3 is 14.2 Å². The van der Waals surface area contributed by atoms with Crippen LogP contribution in [0.3, 0.4) is 0 Å². The number of hydrogen-bond acceptors (Lipinski definition) is 6. The lowest BCUT2D eigenvalue weighted by atomic mass is 10.1. The number of rotatable bonds is 42. The molecule has 0 fully saturated rings. The minimum Gasteiger partial charge on any atom is -0.462 e. The van der Waals surface area contributed by atoms with Crippen LogP contribution in [0, 0.1) is 0 Å². The van der Waals surface area contributed by atoms with Crippen molar-refractivity contribution in [1.82, 2.24) is 0 Å². The maximum atomic E-state index is 12.8. The van der Waals surface area contributed by atoms with Gasteiger partial charge in [-0.05, 0) is 83.5 Å². The highest BCUT2D eigenvalue weighted by Gasteiger charge is 2.19. The molecule has 0 aromatic rings. The zero-order chi connectivity index (χ0) is 47.2. The second kappa shape index (κ2) is 51.7. The summed E-state index contributed by atoms with van der Waals surface area (Å²) in [5.41, 5.74) is 0. The van der Waals surface area contributed by atoms with Crippen LogP contribution < -0.4 is 0 Å². The van der Waals surface area contributed by atoms with E-state index in [0.29, 0.717) is 12.8 Å². The monoisotopic (exact) mass is 893 g/mol. The van der Waals surface area contributed by atoms with E-state index in [4.69, 9.17) is 14.2 Å².